The third-order valence-corrected chi connectivity index (χ3v) is 3.63. The molecule has 0 aliphatic carbocycles. The smallest absolute Gasteiger partial charge is 0.148 e. The van der Waals surface area contributed by atoms with E-state index in [0.29, 0.717) is 12.2 Å². The summed E-state index contributed by atoms with van der Waals surface area (Å²) in [7, 11) is 0. The molecule has 0 spiro atoms. The predicted molar refractivity (Wildman–Crippen MR) is 77.3 cm³/mol. The van der Waals surface area contributed by atoms with Gasteiger partial charge in [-0.05, 0) is 61.7 Å². The summed E-state index contributed by atoms with van der Waals surface area (Å²) in [6.45, 7) is 0.465. The van der Waals surface area contributed by atoms with E-state index < -0.39 is 0 Å². The fraction of sp³-hybridized carbons (Fsp3) is 0.0714. The maximum absolute atomic E-state index is 8.72. The molecule has 0 fully saturated rings. The molecule has 0 saturated heterocycles. The van der Waals surface area contributed by atoms with Crippen LogP contribution in [0.5, 0.6) is 5.75 Å². The van der Waals surface area contributed by atoms with E-state index >= 15 is 0 Å². The molecule has 90 valence electrons. The summed E-state index contributed by atoms with van der Waals surface area (Å²) in [4.78, 5) is 0. The van der Waals surface area contributed by atoms with Crippen LogP contribution in [0.2, 0.25) is 0 Å². The van der Waals surface area contributed by atoms with Crippen molar-refractivity contribution >= 4 is 31.9 Å². The summed E-state index contributed by atoms with van der Waals surface area (Å²) in [5, 5.41) is 8.72. The third-order valence-electron chi connectivity index (χ3n) is 2.39. The second-order valence-corrected chi connectivity index (χ2v) is 5.36. The van der Waals surface area contributed by atoms with Crippen molar-refractivity contribution in [3.8, 4) is 11.8 Å². The standard InChI is InChI=1S/C14H9Br2NO/c15-12-2-1-3-13(16)14(12)18-9-11-6-4-10(8-17)5-7-11/h1-7H,9H2. The van der Waals surface area contributed by atoms with Crippen LogP contribution >= 0.6 is 31.9 Å². The SMILES string of the molecule is N#Cc1ccc(COc2c(Br)cccc2Br)cc1. The molecule has 0 amide bonds. The van der Waals surface area contributed by atoms with Crippen LogP contribution in [-0.4, -0.2) is 0 Å². The lowest BCUT2D eigenvalue weighted by atomic mass is 10.2. The molecule has 0 aliphatic rings. The Balaban J connectivity index is 2.09. The normalized spacial score (nSPS) is 9.83. The van der Waals surface area contributed by atoms with Gasteiger partial charge in [0.2, 0.25) is 0 Å². The fourth-order valence-corrected chi connectivity index (χ4v) is 2.68. The molecular formula is C14H9Br2NO. The van der Waals surface area contributed by atoms with E-state index in [1.807, 2.05) is 30.3 Å². The number of hydrogen-bond acceptors (Lipinski definition) is 2. The van der Waals surface area contributed by atoms with Gasteiger partial charge < -0.3 is 4.74 Å². The number of nitriles is 1. The van der Waals surface area contributed by atoms with E-state index in [9.17, 15) is 0 Å². The van der Waals surface area contributed by atoms with E-state index in [2.05, 4.69) is 37.9 Å². The Kier molecular flexibility index (Phi) is 4.40. The van der Waals surface area contributed by atoms with Crippen molar-refractivity contribution in [1.82, 2.24) is 0 Å². The number of para-hydroxylation sites is 1. The third kappa shape index (κ3) is 3.12. The molecule has 0 aromatic heterocycles. The molecule has 0 heterocycles. The minimum Gasteiger partial charge on any atom is -0.487 e. The first-order valence-electron chi connectivity index (χ1n) is 5.26. The molecule has 0 radical (unpaired) electrons. The van der Waals surface area contributed by atoms with Gasteiger partial charge >= 0.3 is 0 Å². The van der Waals surface area contributed by atoms with Gasteiger partial charge in [0.25, 0.3) is 0 Å². The minimum absolute atomic E-state index is 0.465. The zero-order valence-electron chi connectivity index (χ0n) is 9.36. The largest absolute Gasteiger partial charge is 0.487 e. The number of benzene rings is 2. The highest BCUT2D eigenvalue weighted by Crippen LogP contribution is 2.33. The van der Waals surface area contributed by atoms with E-state index in [-0.39, 0.29) is 0 Å². The van der Waals surface area contributed by atoms with E-state index in [1.165, 1.54) is 0 Å². The monoisotopic (exact) mass is 365 g/mol. The van der Waals surface area contributed by atoms with Crippen molar-refractivity contribution in [3.63, 3.8) is 0 Å². The Morgan fingerprint density at radius 1 is 1.00 bits per heavy atom. The van der Waals surface area contributed by atoms with E-state index in [4.69, 9.17) is 10.00 Å². The molecule has 0 atom stereocenters. The number of ether oxygens (including phenoxy) is 1. The molecule has 4 heteroatoms. The maximum atomic E-state index is 8.72. The van der Waals surface area contributed by atoms with Crippen LogP contribution in [0.15, 0.2) is 51.4 Å². The highest BCUT2D eigenvalue weighted by Gasteiger charge is 2.05. The van der Waals surface area contributed by atoms with Crippen LogP contribution in [0.1, 0.15) is 11.1 Å². The van der Waals surface area contributed by atoms with Gasteiger partial charge in [-0.3, -0.25) is 0 Å². The van der Waals surface area contributed by atoms with Crippen molar-refractivity contribution in [2.24, 2.45) is 0 Å². The Morgan fingerprint density at radius 2 is 1.61 bits per heavy atom. The zero-order valence-corrected chi connectivity index (χ0v) is 12.5. The van der Waals surface area contributed by atoms with Crippen LogP contribution in [-0.2, 0) is 6.61 Å². The van der Waals surface area contributed by atoms with E-state index in [0.717, 1.165) is 20.3 Å². The molecule has 0 aliphatic heterocycles. The van der Waals surface area contributed by atoms with Crippen molar-refractivity contribution in [2.45, 2.75) is 6.61 Å². The van der Waals surface area contributed by atoms with Gasteiger partial charge in [-0.2, -0.15) is 5.26 Å². The molecule has 2 rings (SSSR count). The fourth-order valence-electron chi connectivity index (χ4n) is 1.45. The highest BCUT2D eigenvalue weighted by atomic mass is 79.9. The Hall–Kier alpha value is -1.31. The Bertz CT molecular complexity index is 567. The molecular weight excluding hydrogens is 358 g/mol. The molecule has 2 nitrogen and oxygen atoms in total. The van der Waals surface area contributed by atoms with Crippen molar-refractivity contribution < 1.29 is 4.74 Å². The summed E-state index contributed by atoms with van der Waals surface area (Å²) >= 11 is 6.89. The lowest BCUT2D eigenvalue weighted by Gasteiger charge is -2.10. The molecule has 18 heavy (non-hydrogen) atoms. The summed E-state index contributed by atoms with van der Waals surface area (Å²) in [5.74, 6) is 0.779. The lowest BCUT2D eigenvalue weighted by Crippen LogP contribution is -1.96. The van der Waals surface area contributed by atoms with Crippen LogP contribution < -0.4 is 4.74 Å². The number of hydrogen-bond donors (Lipinski definition) is 0. The quantitative estimate of drug-likeness (QED) is 0.791. The number of halogens is 2. The summed E-state index contributed by atoms with van der Waals surface area (Å²) in [5.41, 5.74) is 1.68. The topological polar surface area (TPSA) is 33.0 Å². The predicted octanol–water partition coefficient (Wildman–Crippen LogP) is 4.66. The number of nitrogens with zero attached hydrogens (tertiary/aromatic N) is 1. The van der Waals surface area contributed by atoms with Crippen molar-refractivity contribution in [3.05, 3.63) is 62.5 Å². The second kappa shape index (κ2) is 6.03. The first kappa shape index (κ1) is 13.1. The average molecular weight is 367 g/mol. The Labute approximate surface area is 122 Å². The molecule has 2 aromatic rings. The van der Waals surface area contributed by atoms with Crippen LogP contribution in [0.3, 0.4) is 0 Å². The van der Waals surface area contributed by atoms with E-state index in [1.54, 1.807) is 12.1 Å². The molecule has 0 bridgehead atoms. The second-order valence-electron chi connectivity index (χ2n) is 3.65. The molecule has 0 saturated carbocycles. The highest BCUT2D eigenvalue weighted by molar-refractivity contribution is 9.11. The lowest BCUT2D eigenvalue weighted by molar-refractivity contribution is 0.302. The minimum atomic E-state index is 0.465. The summed E-state index contributed by atoms with van der Waals surface area (Å²) in [6, 6.07) is 15.2. The first-order chi connectivity index (χ1) is 8.70. The van der Waals surface area contributed by atoms with Crippen molar-refractivity contribution in [1.29, 1.82) is 5.26 Å². The van der Waals surface area contributed by atoms with Gasteiger partial charge in [-0.25, -0.2) is 0 Å². The van der Waals surface area contributed by atoms with Gasteiger partial charge in [0, 0.05) is 0 Å². The van der Waals surface area contributed by atoms with Crippen LogP contribution in [0, 0.1) is 11.3 Å². The Morgan fingerprint density at radius 3 is 2.17 bits per heavy atom. The first-order valence-corrected chi connectivity index (χ1v) is 6.85. The molecule has 0 unspecified atom stereocenters. The molecule has 0 N–H and O–H groups in total. The van der Waals surface area contributed by atoms with Crippen molar-refractivity contribution in [2.75, 3.05) is 0 Å². The van der Waals surface area contributed by atoms with Gasteiger partial charge in [-0.15, -0.1) is 0 Å². The number of rotatable bonds is 3. The van der Waals surface area contributed by atoms with Gasteiger partial charge in [-0.1, -0.05) is 18.2 Å². The average Bonchev–Trinajstić information content (AvgIpc) is 2.39. The summed E-state index contributed by atoms with van der Waals surface area (Å²) in [6.07, 6.45) is 0. The van der Waals surface area contributed by atoms with Gasteiger partial charge in [0.15, 0.2) is 0 Å². The summed E-state index contributed by atoms with van der Waals surface area (Å²) < 4.78 is 7.57. The van der Waals surface area contributed by atoms with Crippen LogP contribution in [0.4, 0.5) is 0 Å². The van der Waals surface area contributed by atoms with Gasteiger partial charge in [0.1, 0.15) is 12.4 Å². The van der Waals surface area contributed by atoms with Gasteiger partial charge in [0.05, 0.1) is 20.6 Å². The van der Waals surface area contributed by atoms with Crippen LogP contribution in [0.25, 0.3) is 0 Å². The zero-order chi connectivity index (χ0) is 13.0. The maximum Gasteiger partial charge on any atom is 0.148 e. The molecule has 2 aromatic carbocycles.